The standard InChI is InChI=1S/C12H14ClN3O3S/c1-3-16-8-10(7-14-16)20(17,18)15-9-4-5-12(19-2)11(13)6-9/h4-8,15H,3H2,1-2H3. The second kappa shape index (κ2) is 5.72. The monoisotopic (exact) mass is 315 g/mol. The van der Waals surface area contributed by atoms with Crippen LogP contribution in [-0.2, 0) is 16.6 Å². The van der Waals surface area contributed by atoms with Crippen molar-refractivity contribution in [3.05, 3.63) is 35.6 Å². The number of ether oxygens (including phenoxy) is 1. The van der Waals surface area contributed by atoms with Crippen LogP contribution in [0.15, 0.2) is 35.5 Å². The SMILES string of the molecule is CCn1cc(S(=O)(=O)Nc2ccc(OC)c(Cl)c2)cn1. The van der Waals surface area contributed by atoms with Crippen LogP contribution in [0.1, 0.15) is 6.92 Å². The van der Waals surface area contributed by atoms with Crippen LogP contribution in [0, 0.1) is 0 Å². The first kappa shape index (κ1) is 14.7. The van der Waals surface area contributed by atoms with Crippen molar-refractivity contribution in [2.75, 3.05) is 11.8 Å². The Kier molecular flexibility index (Phi) is 4.20. The third-order valence-corrected chi connectivity index (χ3v) is 4.28. The molecule has 6 nitrogen and oxygen atoms in total. The number of nitrogens with one attached hydrogen (secondary N) is 1. The van der Waals surface area contributed by atoms with Gasteiger partial charge in [-0.2, -0.15) is 5.10 Å². The topological polar surface area (TPSA) is 73.2 Å². The van der Waals surface area contributed by atoms with Gasteiger partial charge in [0.2, 0.25) is 0 Å². The molecular weight excluding hydrogens is 302 g/mol. The minimum absolute atomic E-state index is 0.103. The van der Waals surface area contributed by atoms with Crippen LogP contribution in [0.3, 0.4) is 0 Å². The minimum Gasteiger partial charge on any atom is -0.495 e. The van der Waals surface area contributed by atoms with Crippen molar-refractivity contribution in [2.24, 2.45) is 0 Å². The Morgan fingerprint density at radius 1 is 1.45 bits per heavy atom. The van der Waals surface area contributed by atoms with Gasteiger partial charge in [-0.15, -0.1) is 0 Å². The van der Waals surface area contributed by atoms with E-state index >= 15 is 0 Å². The highest BCUT2D eigenvalue weighted by molar-refractivity contribution is 7.92. The summed E-state index contributed by atoms with van der Waals surface area (Å²) in [6.45, 7) is 2.48. The first-order valence-corrected chi connectivity index (χ1v) is 7.71. The molecule has 0 spiro atoms. The predicted octanol–water partition coefficient (Wildman–Crippen LogP) is 2.37. The lowest BCUT2D eigenvalue weighted by Crippen LogP contribution is -2.12. The van der Waals surface area contributed by atoms with E-state index in [-0.39, 0.29) is 4.90 Å². The number of hydrogen-bond acceptors (Lipinski definition) is 4. The smallest absolute Gasteiger partial charge is 0.265 e. The maximum atomic E-state index is 12.2. The molecule has 0 bridgehead atoms. The number of aryl methyl sites for hydroxylation is 1. The Hall–Kier alpha value is -1.73. The highest BCUT2D eigenvalue weighted by Gasteiger charge is 2.17. The van der Waals surface area contributed by atoms with E-state index in [0.29, 0.717) is 23.0 Å². The van der Waals surface area contributed by atoms with Crippen LogP contribution in [0.2, 0.25) is 5.02 Å². The highest BCUT2D eigenvalue weighted by atomic mass is 35.5. The van der Waals surface area contributed by atoms with E-state index < -0.39 is 10.0 Å². The highest BCUT2D eigenvalue weighted by Crippen LogP contribution is 2.28. The van der Waals surface area contributed by atoms with Gasteiger partial charge in [0.1, 0.15) is 10.6 Å². The van der Waals surface area contributed by atoms with E-state index in [2.05, 4.69) is 9.82 Å². The molecule has 2 aromatic rings. The van der Waals surface area contributed by atoms with Gasteiger partial charge in [-0.05, 0) is 25.1 Å². The number of methoxy groups -OCH3 is 1. The Morgan fingerprint density at radius 2 is 2.20 bits per heavy atom. The Balaban J connectivity index is 2.26. The van der Waals surface area contributed by atoms with Crippen molar-refractivity contribution < 1.29 is 13.2 Å². The fraction of sp³-hybridized carbons (Fsp3) is 0.250. The number of benzene rings is 1. The molecule has 2 rings (SSSR count). The van der Waals surface area contributed by atoms with E-state index in [1.807, 2.05) is 6.92 Å². The summed E-state index contributed by atoms with van der Waals surface area (Å²) in [7, 11) is -2.18. The molecule has 1 aromatic heterocycles. The van der Waals surface area contributed by atoms with Crippen molar-refractivity contribution in [1.82, 2.24) is 9.78 Å². The largest absolute Gasteiger partial charge is 0.495 e. The second-order valence-electron chi connectivity index (χ2n) is 3.99. The van der Waals surface area contributed by atoms with Gasteiger partial charge in [-0.3, -0.25) is 9.40 Å². The van der Waals surface area contributed by atoms with Gasteiger partial charge in [0.05, 0.1) is 24.0 Å². The molecule has 20 heavy (non-hydrogen) atoms. The first-order valence-electron chi connectivity index (χ1n) is 5.85. The summed E-state index contributed by atoms with van der Waals surface area (Å²) in [5.41, 5.74) is 0.361. The molecule has 0 fully saturated rings. The van der Waals surface area contributed by atoms with Crippen LogP contribution in [0.25, 0.3) is 0 Å². The van der Waals surface area contributed by atoms with Gasteiger partial charge in [-0.1, -0.05) is 11.6 Å². The third kappa shape index (κ3) is 3.05. The number of halogens is 1. The first-order chi connectivity index (χ1) is 9.46. The van der Waals surface area contributed by atoms with Gasteiger partial charge in [0.15, 0.2) is 0 Å². The van der Waals surface area contributed by atoms with Gasteiger partial charge < -0.3 is 4.74 Å². The molecule has 1 aromatic carbocycles. The zero-order chi connectivity index (χ0) is 14.8. The van der Waals surface area contributed by atoms with Crippen LogP contribution >= 0.6 is 11.6 Å². The van der Waals surface area contributed by atoms with Crippen LogP contribution < -0.4 is 9.46 Å². The number of sulfonamides is 1. The lowest BCUT2D eigenvalue weighted by molar-refractivity contribution is 0.415. The van der Waals surface area contributed by atoms with Crippen molar-refractivity contribution >= 4 is 27.3 Å². The Bertz CT molecular complexity index is 712. The fourth-order valence-corrected chi connectivity index (χ4v) is 2.86. The molecule has 0 saturated carbocycles. The maximum absolute atomic E-state index is 12.2. The van der Waals surface area contributed by atoms with Gasteiger partial charge in [0.25, 0.3) is 10.0 Å². The average Bonchev–Trinajstić information content (AvgIpc) is 2.88. The summed E-state index contributed by atoms with van der Waals surface area (Å²) >= 11 is 5.95. The van der Waals surface area contributed by atoms with Gasteiger partial charge >= 0.3 is 0 Å². The molecule has 8 heteroatoms. The number of rotatable bonds is 5. The van der Waals surface area contributed by atoms with Crippen LogP contribution in [0.5, 0.6) is 5.75 Å². The molecule has 0 saturated heterocycles. The summed E-state index contributed by atoms with van der Waals surface area (Å²) < 4.78 is 33.3. The van der Waals surface area contributed by atoms with Crippen molar-refractivity contribution in [1.29, 1.82) is 0 Å². The lowest BCUT2D eigenvalue weighted by atomic mass is 10.3. The number of nitrogens with zero attached hydrogens (tertiary/aromatic N) is 2. The number of anilines is 1. The summed E-state index contributed by atoms with van der Waals surface area (Å²) in [4.78, 5) is 0.103. The molecule has 0 atom stereocenters. The van der Waals surface area contributed by atoms with Crippen LogP contribution in [0.4, 0.5) is 5.69 Å². The summed E-state index contributed by atoms with van der Waals surface area (Å²) in [6, 6.07) is 4.66. The van der Waals surface area contributed by atoms with E-state index in [0.717, 1.165) is 0 Å². The molecule has 0 unspecified atom stereocenters. The fourth-order valence-electron chi connectivity index (χ4n) is 1.60. The van der Waals surface area contributed by atoms with Crippen molar-refractivity contribution in [3.63, 3.8) is 0 Å². The summed E-state index contributed by atoms with van der Waals surface area (Å²) in [6.07, 6.45) is 2.77. The summed E-state index contributed by atoms with van der Waals surface area (Å²) in [5.74, 6) is 0.480. The zero-order valence-electron chi connectivity index (χ0n) is 11.0. The second-order valence-corrected chi connectivity index (χ2v) is 6.08. The number of hydrogen-bond donors (Lipinski definition) is 1. The van der Waals surface area contributed by atoms with Gasteiger partial charge in [0, 0.05) is 12.7 Å². The van der Waals surface area contributed by atoms with E-state index in [1.165, 1.54) is 30.3 Å². The zero-order valence-corrected chi connectivity index (χ0v) is 12.6. The maximum Gasteiger partial charge on any atom is 0.265 e. The number of aromatic nitrogens is 2. The molecule has 1 N–H and O–H groups in total. The Labute approximate surface area is 122 Å². The normalized spacial score (nSPS) is 11.3. The van der Waals surface area contributed by atoms with E-state index in [4.69, 9.17) is 16.3 Å². The van der Waals surface area contributed by atoms with Gasteiger partial charge in [-0.25, -0.2) is 8.42 Å². The average molecular weight is 316 g/mol. The molecule has 0 aliphatic heterocycles. The molecular formula is C12H14ClN3O3S. The molecule has 0 aliphatic rings. The molecule has 108 valence electrons. The lowest BCUT2D eigenvalue weighted by Gasteiger charge is -2.08. The molecule has 1 heterocycles. The quantitative estimate of drug-likeness (QED) is 0.919. The summed E-state index contributed by atoms with van der Waals surface area (Å²) in [5, 5.41) is 4.27. The molecule has 0 amide bonds. The Morgan fingerprint density at radius 3 is 2.75 bits per heavy atom. The van der Waals surface area contributed by atoms with Crippen LogP contribution in [-0.4, -0.2) is 25.3 Å². The van der Waals surface area contributed by atoms with E-state index in [1.54, 1.807) is 12.1 Å². The predicted molar refractivity (Wildman–Crippen MR) is 76.7 cm³/mol. The third-order valence-electron chi connectivity index (χ3n) is 2.65. The molecule has 0 aliphatic carbocycles. The van der Waals surface area contributed by atoms with Crippen molar-refractivity contribution in [2.45, 2.75) is 18.4 Å². The molecule has 0 radical (unpaired) electrons. The van der Waals surface area contributed by atoms with E-state index in [9.17, 15) is 8.42 Å². The van der Waals surface area contributed by atoms with Crippen molar-refractivity contribution in [3.8, 4) is 5.75 Å². The minimum atomic E-state index is -3.67.